The molecule has 2 N–H and O–H groups in total. The molecule has 1 aliphatic carbocycles. The van der Waals surface area contributed by atoms with Gasteiger partial charge in [-0.15, -0.1) is 0 Å². The average molecular weight is 234 g/mol. The van der Waals surface area contributed by atoms with Gasteiger partial charge in [0.15, 0.2) is 0 Å². The second-order valence-corrected chi connectivity index (χ2v) is 5.66. The topological polar surface area (TPSA) is 29.3 Å². The maximum Gasteiger partial charge on any atom is 0.127 e. The molecule has 1 aliphatic heterocycles. The number of hydrogen-bond donors (Lipinski definition) is 1. The van der Waals surface area contributed by atoms with Crippen molar-refractivity contribution in [2.24, 2.45) is 5.41 Å². The van der Waals surface area contributed by atoms with E-state index in [0.717, 1.165) is 18.8 Å². The highest BCUT2D eigenvalue weighted by Gasteiger charge is 2.43. The number of nitrogens with zero attached hydrogens (tertiary/aromatic N) is 1. The number of halogens is 1. The quantitative estimate of drug-likeness (QED) is 0.756. The molecule has 0 amide bonds. The first kappa shape index (κ1) is 10.9. The summed E-state index contributed by atoms with van der Waals surface area (Å²) in [4.78, 5) is 2.25. The van der Waals surface area contributed by atoms with Crippen LogP contribution >= 0.6 is 0 Å². The number of anilines is 2. The molecule has 0 radical (unpaired) electrons. The summed E-state index contributed by atoms with van der Waals surface area (Å²) in [5, 5.41) is 0. The van der Waals surface area contributed by atoms with Crippen LogP contribution < -0.4 is 10.6 Å². The van der Waals surface area contributed by atoms with Crippen LogP contribution in [0.25, 0.3) is 0 Å². The Morgan fingerprint density at radius 2 is 1.76 bits per heavy atom. The molecule has 2 aliphatic rings. The van der Waals surface area contributed by atoms with Crippen LogP contribution in [0.5, 0.6) is 0 Å². The second-order valence-electron chi connectivity index (χ2n) is 5.66. The van der Waals surface area contributed by atoms with Gasteiger partial charge in [0, 0.05) is 29.9 Å². The predicted octanol–water partition coefficient (Wildman–Crippen LogP) is 3.18. The molecular formula is C14H19FN2. The Hall–Kier alpha value is -1.25. The van der Waals surface area contributed by atoms with Gasteiger partial charge in [-0.1, -0.05) is 19.3 Å². The van der Waals surface area contributed by atoms with Crippen LogP contribution in [0.3, 0.4) is 0 Å². The lowest BCUT2D eigenvalue weighted by Crippen LogP contribution is -2.57. The van der Waals surface area contributed by atoms with Crippen molar-refractivity contribution in [3.8, 4) is 0 Å². The molecule has 3 rings (SSSR count). The van der Waals surface area contributed by atoms with Crippen molar-refractivity contribution in [2.45, 2.75) is 32.1 Å². The molecule has 1 saturated heterocycles. The second kappa shape index (κ2) is 3.90. The number of hydrogen-bond acceptors (Lipinski definition) is 2. The van der Waals surface area contributed by atoms with E-state index in [4.69, 9.17) is 5.73 Å². The molecule has 1 aromatic carbocycles. The Morgan fingerprint density at radius 1 is 1.06 bits per heavy atom. The lowest BCUT2D eigenvalue weighted by Gasteiger charge is -2.53. The fourth-order valence-corrected chi connectivity index (χ4v) is 3.34. The van der Waals surface area contributed by atoms with Gasteiger partial charge in [-0.25, -0.2) is 4.39 Å². The summed E-state index contributed by atoms with van der Waals surface area (Å²) in [7, 11) is 0. The first-order chi connectivity index (χ1) is 8.17. The summed E-state index contributed by atoms with van der Waals surface area (Å²) in [5.74, 6) is -0.232. The van der Waals surface area contributed by atoms with Crippen LogP contribution in [-0.4, -0.2) is 13.1 Å². The Balaban J connectivity index is 1.71. The lowest BCUT2D eigenvalue weighted by molar-refractivity contribution is 0.139. The maximum absolute atomic E-state index is 13.3. The van der Waals surface area contributed by atoms with E-state index in [0.29, 0.717) is 11.1 Å². The van der Waals surface area contributed by atoms with Gasteiger partial charge in [0.1, 0.15) is 5.82 Å². The average Bonchev–Trinajstić information content (AvgIpc) is 2.25. The number of benzene rings is 1. The predicted molar refractivity (Wildman–Crippen MR) is 68.5 cm³/mol. The highest BCUT2D eigenvalue weighted by molar-refractivity contribution is 5.58. The number of nitrogens with two attached hydrogens (primary N) is 1. The van der Waals surface area contributed by atoms with Gasteiger partial charge in [-0.05, 0) is 31.0 Å². The van der Waals surface area contributed by atoms with Crippen molar-refractivity contribution < 1.29 is 4.39 Å². The Bertz CT molecular complexity index is 396. The first-order valence-corrected chi connectivity index (χ1v) is 6.48. The molecule has 1 spiro atoms. The zero-order valence-corrected chi connectivity index (χ0v) is 10.1. The van der Waals surface area contributed by atoms with Gasteiger partial charge < -0.3 is 10.6 Å². The van der Waals surface area contributed by atoms with Gasteiger partial charge in [0.25, 0.3) is 0 Å². The number of nitrogen functional groups attached to an aromatic ring is 1. The van der Waals surface area contributed by atoms with E-state index in [1.165, 1.54) is 38.2 Å². The highest BCUT2D eigenvalue weighted by Crippen LogP contribution is 2.45. The van der Waals surface area contributed by atoms with Crippen LogP contribution in [-0.2, 0) is 0 Å². The van der Waals surface area contributed by atoms with E-state index in [2.05, 4.69) is 4.90 Å². The fourth-order valence-electron chi connectivity index (χ4n) is 3.34. The highest BCUT2D eigenvalue weighted by atomic mass is 19.1. The molecule has 17 heavy (non-hydrogen) atoms. The lowest BCUT2D eigenvalue weighted by atomic mass is 9.68. The molecule has 1 saturated carbocycles. The molecule has 0 bridgehead atoms. The Labute approximate surface area is 102 Å². The fraction of sp³-hybridized carbons (Fsp3) is 0.571. The summed E-state index contributed by atoms with van der Waals surface area (Å²) in [6, 6.07) is 4.84. The van der Waals surface area contributed by atoms with Gasteiger partial charge in [0.05, 0.1) is 0 Å². The van der Waals surface area contributed by atoms with Crippen LogP contribution in [0, 0.1) is 11.2 Å². The van der Waals surface area contributed by atoms with Crippen LogP contribution in [0.15, 0.2) is 18.2 Å². The van der Waals surface area contributed by atoms with Crippen molar-refractivity contribution >= 4 is 11.4 Å². The summed E-state index contributed by atoms with van der Waals surface area (Å²) < 4.78 is 13.3. The van der Waals surface area contributed by atoms with E-state index >= 15 is 0 Å². The largest absolute Gasteiger partial charge is 0.399 e. The molecule has 0 unspecified atom stereocenters. The molecule has 0 atom stereocenters. The van der Waals surface area contributed by atoms with Crippen molar-refractivity contribution in [3.05, 3.63) is 24.0 Å². The number of rotatable bonds is 1. The third-order valence-electron chi connectivity index (χ3n) is 4.24. The summed E-state index contributed by atoms with van der Waals surface area (Å²) >= 11 is 0. The molecule has 1 heterocycles. The monoisotopic (exact) mass is 234 g/mol. The summed E-state index contributed by atoms with van der Waals surface area (Å²) in [6.45, 7) is 2.16. The third kappa shape index (κ3) is 1.99. The minimum absolute atomic E-state index is 0.232. The molecule has 3 heteroatoms. The minimum Gasteiger partial charge on any atom is -0.399 e. The minimum atomic E-state index is -0.232. The zero-order chi connectivity index (χ0) is 11.9. The SMILES string of the molecule is Nc1cc(F)cc(N2CC3(CCCCC3)C2)c1. The maximum atomic E-state index is 13.3. The van der Waals surface area contributed by atoms with Gasteiger partial charge in [0.2, 0.25) is 0 Å². The molecule has 92 valence electrons. The molecular weight excluding hydrogens is 215 g/mol. The van der Waals surface area contributed by atoms with Crippen LogP contribution in [0.4, 0.5) is 15.8 Å². The van der Waals surface area contributed by atoms with Gasteiger partial charge in [-0.2, -0.15) is 0 Å². The van der Waals surface area contributed by atoms with Gasteiger partial charge in [-0.3, -0.25) is 0 Å². The van der Waals surface area contributed by atoms with Gasteiger partial charge >= 0.3 is 0 Å². The van der Waals surface area contributed by atoms with Crippen molar-refractivity contribution in [2.75, 3.05) is 23.7 Å². The normalized spacial score (nSPS) is 22.5. The molecule has 2 nitrogen and oxygen atoms in total. The Kier molecular flexibility index (Phi) is 2.49. The van der Waals surface area contributed by atoms with E-state index < -0.39 is 0 Å². The summed E-state index contributed by atoms with van der Waals surface area (Å²) in [6.07, 6.45) is 6.79. The smallest absolute Gasteiger partial charge is 0.127 e. The third-order valence-corrected chi connectivity index (χ3v) is 4.24. The van der Waals surface area contributed by atoms with Crippen molar-refractivity contribution in [1.29, 1.82) is 0 Å². The molecule has 2 fully saturated rings. The van der Waals surface area contributed by atoms with Crippen LogP contribution in [0.1, 0.15) is 32.1 Å². The van der Waals surface area contributed by atoms with E-state index in [-0.39, 0.29) is 5.82 Å². The standard InChI is InChI=1S/C14H19FN2/c15-11-6-12(16)8-13(7-11)17-9-14(10-17)4-2-1-3-5-14/h6-8H,1-5,9-10,16H2. The summed E-state index contributed by atoms with van der Waals surface area (Å²) in [5.41, 5.74) is 7.67. The van der Waals surface area contributed by atoms with E-state index in [1.54, 1.807) is 6.07 Å². The van der Waals surface area contributed by atoms with E-state index in [1.807, 2.05) is 6.07 Å². The molecule has 0 aromatic heterocycles. The first-order valence-electron chi connectivity index (χ1n) is 6.48. The molecule has 1 aromatic rings. The van der Waals surface area contributed by atoms with Crippen LogP contribution in [0.2, 0.25) is 0 Å². The Morgan fingerprint density at radius 3 is 2.41 bits per heavy atom. The van der Waals surface area contributed by atoms with Crippen molar-refractivity contribution in [3.63, 3.8) is 0 Å². The van der Waals surface area contributed by atoms with Crippen molar-refractivity contribution in [1.82, 2.24) is 0 Å². The zero-order valence-electron chi connectivity index (χ0n) is 10.1. The van der Waals surface area contributed by atoms with E-state index in [9.17, 15) is 4.39 Å².